The average Bonchev–Trinajstić information content (AvgIpc) is 2.25. The predicted molar refractivity (Wildman–Crippen MR) is 76.7 cm³/mol. The van der Waals surface area contributed by atoms with E-state index in [1.807, 2.05) is 39.0 Å². The fourth-order valence-electron chi connectivity index (χ4n) is 1.35. The van der Waals surface area contributed by atoms with Crippen molar-refractivity contribution in [2.75, 3.05) is 11.9 Å². The van der Waals surface area contributed by atoms with Crippen LogP contribution < -0.4 is 10.6 Å². The Bertz CT molecular complexity index is 441. The number of carbonyl (C=O) groups excluding carboxylic acids is 1. The first-order valence-electron chi connectivity index (χ1n) is 5.70. The topological polar surface area (TPSA) is 55.6 Å². The van der Waals surface area contributed by atoms with Gasteiger partial charge in [-0.3, -0.25) is 4.90 Å². The summed E-state index contributed by atoms with van der Waals surface area (Å²) in [7, 11) is 1.68. The molecule has 0 unspecified atom stereocenters. The summed E-state index contributed by atoms with van der Waals surface area (Å²) in [5, 5.41) is 0. The lowest BCUT2D eigenvalue weighted by molar-refractivity contribution is 0.0589. The van der Waals surface area contributed by atoms with E-state index < -0.39 is 5.60 Å². The van der Waals surface area contributed by atoms with Gasteiger partial charge in [-0.25, -0.2) is 4.79 Å². The van der Waals surface area contributed by atoms with E-state index in [0.29, 0.717) is 6.54 Å². The van der Waals surface area contributed by atoms with Crippen LogP contribution in [-0.4, -0.2) is 18.7 Å². The number of amides is 1. The van der Waals surface area contributed by atoms with E-state index >= 15 is 0 Å². The highest BCUT2D eigenvalue weighted by Crippen LogP contribution is 2.24. The zero-order valence-electron chi connectivity index (χ0n) is 11.2. The van der Waals surface area contributed by atoms with Gasteiger partial charge in [0, 0.05) is 23.8 Å². The van der Waals surface area contributed by atoms with Crippen LogP contribution in [0.1, 0.15) is 26.3 Å². The van der Waals surface area contributed by atoms with Gasteiger partial charge in [0.1, 0.15) is 5.60 Å². The molecule has 1 rings (SSSR count). The Morgan fingerprint density at radius 2 is 2.06 bits per heavy atom. The van der Waals surface area contributed by atoms with Gasteiger partial charge in [0.05, 0.1) is 0 Å². The van der Waals surface area contributed by atoms with E-state index in [9.17, 15) is 4.79 Å². The summed E-state index contributed by atoms with van der Waals surface area (Å²) in [5.74, 6) is 0. The van der Waals surface area contributed by atoms with Gasteiger partial charge in [-0.2, -0.15) is 0 Å². The highest BCUT2D eigenvalue weighted by molar-refractivity contribution is 9.10. The summed E-state index contributed by atoms with van der Waals surface area (Å²) in [6.45, 7) is 5.97. The van der Waals surface area contributed by atoms with Gasteiger partial charge in [0.15, 0.2) is 0 Å². The monoisotopic (exact) mass is 314 g/mol. The van der Waals surface area contributed by atoms with Crippen LogP contribution in [0.5, 0.6) is 0 Å². The predicted octanol–water partition coefficient (Wildman–Crippen LogP) is 3.28. The van der Waals surface area contributed by atoms with Crippen molar-refractivity contribution in [2.24, 2.45) is 5.73 Å². The van der Waals surface area contributed by atoms with Gasteiger partial charge in [0.25, 0.3) is 0 Å². The standard InChI is InChI=1S/C13H19BrN2O2/c1-13(2,3)18-12(17)16(4)10-6-5-9(8-15)11(14)7-10/h5-7H,8,15H2,1-4H3. The first-order chi connectivity index (χ1) is 8.24. The Labute approximate surface area is 116 Å². The van der Waals surface area contributed by atoms with Gasteiger partial charge >= 0.3 is 6.09 Å². The molecule has 1 aromatic carbocycles. The Balaban J connectivity index is 2.87. The molecule has 0 saturated carbocycles. The third-order valence-corrected chi connectivity index (χ3v) is 3.05. The van der Waals surface area contributed by atoms with Crippen LogP contribution in [-0.2, 0) is 11.3 Å². The molecule has 18 heavy (non-hydrogen) atoms. The van der Waals surface area contributed by atoms with E-state index in [4.69, 9.17) is 10.5 Å². The summed E-state index contributed by atoms with van der Waals surface area (Å²) < 4.78 is 6.18. The number of benzene rings is 1. The molecule has 2 N–H and O–H groups in total. The third-order valence-electron chi connectivity index (χ3n) is 2.31. The van der Waals surface area contributed by atoms with Crippen LogP contribution in [0, 0.1) is 0 Å². The molecule has 0 aliphatic carbocycles. The maximum Gasteiger partial charge on any atom is 0.414 e. The largest absolute Gasteiger partial charge is 0.443 e. The molecule has 0 spiro atoms. The normalized spacial score (nSPS) is 11.2. The van der Waals surface area contributed by atoms with Gasteiger partial charge in [0.2, 0.25) is 0 Å². The average molecular weight is 315 g/mol. The molecule has 0 aromatic heterocycles. The van der Waals surface area contributed by atoms with Crippen molar-refractivity contribution < 1.29 is 9.53 Å². The quantitative estimate of drug-likeness (QED) is 0.911. The summed E-state index contributed by atoms with van der Waals surface area (Å²) in [6, 6.07) is 5.59. The minimum atomic E-state index is -0.500. The molecule has 4 nitrogen and oxygen atoms in total. The maximum atomic E-state index is 11.9. The molecular weight excluding hydrogens is 296 g/mol. The maximum absolute atomic E-state index is 11.9. The lowest BCUT2D eigenvalue weighted by Crippen LogP contribution is -2.34. The number of carbonyl (C=O) groups is 1. The third kappa shape index (κ3) is 3.99. The summed E-state index contributed by atoms with van der Waals surface area (Å²) in [6.07, 6.45) is -0.380. The van der Waals surface area contributed by atoms with Crippen LogP contribution in [0.4, 0.5) is 10.5 Å². The Morgan fingerprint density at radius 3 is 2.50 bits per heavy atom. The van der Waals surface area contributed by atoms with Crippen molar-refractivity contribution in [3.05, 3.63) is 28.2 Å². The molecule has 0 aliphatic heterocycles. The van der Waals surface area contributed by atoms with Crippen molar-refractivity contribution in [2.45, 2.75) is 32.9 Å². The van der Waals surface area contributed by atoms with E-state index in [1.165, 1.54) is 4.90 Å². The van der Waals surface area contributed by atoms with E-state index in [1.54, 1.807) is 7.05 Å². The first kappa shape index (κ1) is 15.0. The van der Waals surface area contributed by atoms with Crippen molar-refractivity contribution in [1.29, 1.82) is 0 Å². The van der Waals surface area contributed by atoms with Gasteiger partial charge in [-0.1, -0.05) is 22.0 Å². The van der Waals surface area contributed by atoms with Crippen molar-refractivity contribution in [3.63, 3.8) is 0 Å². The van der Waals surface area contributed by atoms with Crippen LogP contribution in [0.2, 0.25) is 0 Å². The van der Waals surface area contributed by atoms with E-state index in [2.05, 4.69) is 15.9 Å². The molecule has 1 amide bonds. The molecule has 100 valence electrons. The molecule has 0 bridgehead atoms. The Kier molecular flexibility index (Phi) is 4.76. The zero-order valence-corrected chi connectivity index (χ0v) is 12.7. The number of nitrogens with two attached hydrogens (primary N) is 1. The fraction of sp³-hybridized carbons (Fsp3) is 0.462. The van der Waals surface area contributed by atoms with Gasteiger partial charge in [-0.05, 0) is 38.5 Å². The second-order valence-corrected chi connectivity index (χ2v) is 5.87. The molecule has 0 atom stereocenters. The van der Waals surface area contributed by atoms with Crippen molar-refractivity contribution >= 4 is 27.7 Å². The van der Waals surface area contributed by atoms with Crippen LogP contribution >= 0.6 is 15.9 Å². The number of hydrogen-bond donors (Lipinski definition) is 1. The highest BCUT2D eigenvalue weighted by atomic mass is 79.9. The van der Waals surface area contributed by atoms with Gasteiger partial charge in [-0.15, -0.1) is 0 Å². The highest BCUT2D eigenvalue weighted by Gasteiger charge is 2.20. The van der Waals surface area contributed by atoms with Crippen LogP contribution in [0.3, 0.4) is 0 Å². The molecular formula is C13H19BrN2O2. The zero-order chi connectivity index (χ0) is 13.9. The van der Waals surface area contributed by atoms with E-state index in [0.717, 1.165) is 15.7 Å². The first-order valence-corrected chi connectivity index (χ1v) is 6.49. The lowest BCUT2D eigenvalue weighted by Gasteiger charge is -2.25. The molecule has 0 radical (unpaired) electrons. The molecule has 0 aliphatic rings. The van der Waals surface area contributed by atoms with Gasteiger partial charge < -0.3 is 10.5 Å². The number of hydrogen-bond acceptors (Lipinski definition) is 3. The SMILES string of the molecule is CN(C(=O)OC(C)(C)C)c1ccc(CN)c(Br)c1. The second kappa shape index (κ2) is 5.71. The number of rotatable bonds is 2. The van der Waals surface area contributed by atoms with Crippen molar-refractivity contribution in [1.82, 2.24) is 0 Å². The summed E-state index contributed by atoms with van der Waals surface area (Å²) in [5.41, 5.74) is 6.84. The molecule has 0 fully saturated rings. The summed E-state index contributed by atoms with van der Waals surface area (Å²) >= 11 is 3.43. The minimum Gasteiger partial charge on any atom is -0.443 e. The smallest absolute Gasteiger partial charge is 0.414 e. The van der Waals surface area contributed by atoms with Crippen LogP contribution in [0.25, 0.3) is 0 Å². The molecule has 1 aromatic rings. The number of halogens is 1. The Hall–Kier alpha value is -1.07. The molecule has 0 saturated heterocycles. The minimum absolute atomic E-state index is 0.380. The number of nitrogens with zero attached hydrogens (tertiary/aromatic N) is 1. The fourth-order valence-corrected chi connectivity index (χ4v) is 1.87. The van der Waals surface area contributed by atoms with Crippen molar-refractivity contribution in [3.8, 4) is 0 Å². The second-order valence-electron chi connectivity index (χ2n) is 5.02. The molecule has 5 heteroatoms. The van der Waals surface area contributed by atoms with Crippen LogP contribution in [0.15, 0.2) is 22.7 Å². The van der Waals surface area contributed by atoms with E-state index in [-0.39, 0.29) is 6.09 Å². The molecule has 0 heterocycles. The summed E-state index contributed by atoms with van der Waals surface area (Å²) in [4.78, 5) is 13.4. The lowest BCUT2D eigenvalue weighted by atomic mass is 10.2. The number of anilines is 1. The number of ether oxygens (including phenoxy) is 1. The Morgan fingerprint density at radius 1 is 1.44 bits per heavy atom.